The summed E-state index contributed by atoms with van der Waals surface area (Å²) in [7, 11) is 0. The maximum Gasteiger partial charge on any atom is 0.156 e. The summed E-state index contributed by atoms with van der Waals surface area (Å²) in [6, 6.07) is 7.98. The Balaban J connectivity index is 0.000000640. The van der Waals surface area contributed by atoms with Gasteiger partial charge in [-0.15, -0.1) is 12.4 Å². The molecule has 5 heteroatoms. The molecule has 16 heavy (non-hydrogen) atoms. The zero-order valence-corrected chi connectivity index (χ0v) is 9.41. The van der Waals surface area contributed by atoms with Gasteiger partial charge in [0.1, 0.15) is 6.17 Å². The van der Waals surface area contributed by atoms with E-state index in [1.807, 2.05) is 35.4 Å². The largest absolute Gasteiger partial charge is 0.412 e. The average Bonchev–Trinajstić information content (AvgIpc) is 2.53. The van der Waals surface area contributed by atoms with E-state index < -0.39 is 0 Å². The van der Waals surface area contributed by atoms with E-state index in [2.05, 4.69) is 4.99 Å². The predicted octanol–water partition coefficient (Wildman–Crippen LogP) is -0.744. The summed E-state index contributed by atoms with van der Waals surface area (Å²) in [4.78, 5) is 17.8. The number of para-hydroxylation sites is 1. The topological polar surface area (TPSA) is 64.2 Å². The lowest BCUT2D eigenvalue weighted by Crippen LogP contribution is -2.38. The molecule has 1 atom stereocenters. The van der Waals surface area contributed by atoms with Gasteiger partial charge in [0.05, 0.1) is 11.9 Å². The molecular formula is C11H13ClN2O2. The number of carbonyl (C=O) groups excluding carboxylic acids is 1. The fraction of sp³-hybridized carbons (Fsp3) is 0.273. The molecule has 1 fully saturated rings. The van der Waals surface area contributed by atoms with Crippen molar-refractivity contribution < 1.29 is 10.3 Å². The van der Waals surface area contributed by atoms with Crippen LogP contribution in [0.25, 0.3) is 6.20 Å². The third kappa shape index (κ3) is 1.94. The molecular weight excluding hydrogens is 228 g/mol. The molecule has 1 aromatic carbocycles. The van der Waals surface area contributed by atoms with Crippen LogP contribution in [0.15, 0.2) is 29.3 Å². The molecule has 1 unspecified atom stereocenters. The van der Waals surface area contributed by atoms with Crippen LogP contribution in [0.2, 0.25) is 0 Å². The predicted molar refractivity (Wildman–Crippen MR) is 62.7 cm³/mol. The second-order valence-electron chi connectivity index (χ2n) is 3.71. The van der Waals surface area contributed by atoms with Gasteiger partial charge in [-0.2, -0.15) is 0 Å². The van der Waals surface area contributed by atoms with Gasteiger partial charge in [-0.1, -0.05) is 18.2 Å². The minimum Gasteiger partial charge on any atom is -0.412 e. The van der Waals surface area contributed by atoms with Gasteiger partial charge in [0.15, 0.2) is 5.78 Å². The molecule has 0 bridgehead atoms. The normalized spacial score (nSPS) is 20.6. The molecule has 0 spiro atoms. The highest BCUT2D eigenvalue weighted by Gasteiger charge is 2.28. The number of Topliss-reactive ketones (excluding diaryl/α,β-unsaturated/α-hetero) is 1. The summed E-state index contributed by atoms with van der Waals surface area (Å²) in [6.45, 7) is 0.516. The Morgan fingerprint density at radius 2 is 2.06 bits per heavy atom. The number of carbonyl (C=O) groups is 1. The van der Waals surface area contributed by atoms with Crippen LogP contribution < -0.4 is 10.6 Å². The zero-order chi connectivity index (χ0) is 9.54. The highest BCUT2D eigenvalue weighted by Crippen LogP contribution is 2.16. The second kappa shape index (κ2) is 4.63. The lowest BCUT2D eigenvalue weighted by molar-refractivity contribution is -0.116. The van der Waals surface area contributed by atoms with Crippen molar-refractivity contribution in [2.24, 2.45) is 4.99 Å². The van der Waals surface area contributed by atoms with E-state index in [0.29, 0.717) is 13.0 Å². The molecule has 2 heterocycles. The van der Waals surface area contributed by atoms with Crippen molar-refractivity contribution in [3.8, 4) is 0 Å². The molecule has 1 saturated heterocycles. The van der Waals surface area contributed by atoms with Gasteiger partial charge in [-0.05, 0) is 6.07 Å². The molecule has 3 rings (SSSR count). The highest BCUT2D eigenvalue weighted by molar-refractivity contribution is 5.85. The first-order valence-electron chi connectivity index (χ1n) is 4.75. The maximum absolute atomic E-state index is 11.2. The second-order valence-corrected chi connectivity index (χ2v) is 3.71. The van der Waals surface area contributed by atoms with Crippen LogP contribution in [0, 0.1) is 0 Å². The third-order valence-electron chi connectivity index (χ3n) is 2.68. The van der Waals surface area contributed by atoms with Crippen LogP contribution in [0.4, 0.5) is 0 Å². The number of rotatable bonds is 0. The van der Waals surface area contributed by atoms with Gasteiger partial charge < -0.3 is 10.4 Å². The van der Waals surface area contributed by atoms with E-state index in [0.717, 1.165) is 10.6 Å². The Morgan fingerprint density at radius 3 is 2.88 bits per heavy atom. The van der Waals surface area contributed by atoms with Crippen LogP contribution in [0.1, 0.15) is 6.42 Å². The van der Waals surface area contributed by atoms with Crippen molar-refractivity contribution in [2.75, 3.05) is 6.54 Å². The number of hydrogen-bond donors (Lipinski definition) is 0. The van der Waals surface area contributed by atoms with E-state index in [1.165, 1.54) is 0 Å². The number of nitrogens with zero attached hydrogens (tertiary/aromatic N) is 2. The monoisotopic (exact) mass is 240 g/mol. The molecule has 2 aliphatic rings. The SMILES string of the molecule is Cl.O.O=C1CC2N=c3ccccc3=CN2C1. The molecule has 0 aromatic heterocycles. The minimum atomic E-state index is 0. The van der Waals surface area contributed by atoms with E-state index >= 15 is 0 Å². The van der Waals surface area contributed by atoms with Crippen molar-refractivity contribution in [2.45, 2.75) is 12.6 Å². The number of fused-ring (bicyclic) bond motifs is 2. The summed E-state index contributed by atoms with van der Waals surface area (Å²) in [5, 5.41) is 2.11. The van der Waals surface area contributed by atoms with E-state index in [-0.39, 0.29) is 29.8 Å². The van der Waals surface area contributed by atoms with Crippen LogP contribution in [-0.4, -0.2) is 28.9 Å². The summed E-state index contributed by atoms with van der Waals surface area (Å²) in [5.41, 5.74) is 0. The lowest BCUT2D eigenvalue weighted by Gasteiger charge is -2.20. The molecule has 0 amide bonds. The maximum atomic E-state index is 11.2. The fourth-order valence-electron chi connectivity index (χ4n) is 2.00. The van der Waals surface area contributed by atoms with Gasteiger partial charge in [0.2, 0.25) is 0 Å². The number of benzene rings is 1. The molecule has 2 N–H and O–H groups in total. The summed E-state index contributed by atoms with van der Waals surface area (Å²) >= 11 is 0. The zero-order valence-electron chi connectivity index (χ0n) is 8.59. The number of hydrogen-bond acceptors (Lipinski definition) is 3. The van der Waals surface area contributed by atoms with Crippen LogP contribution in [0.5, 0.6) is 0 Å². The third-order valence-corrected chi connectivity index (χ3v) is 2.68. The summed E-state index contributed by atoms with van der Waals surface area (Å²) in [5.74, 6) is 0.280. The Bertz CT molecular complexity index is 470. The molecule has 0 radical (unpaired) electrons. The molecule has 0 saturated carbocycles. The van der Waals surface area contributed by atoms with Gasteiger partial charge >= 0.3 is 0 Å². The van der Waals surface area contributed by atoms with E-state index in [1.54, 1.807) is 0 Å². The Labute approximate surface area is 99.0 Å². The average molecular weight is 241 g/mol. The van der Waals surface area contributed by atoms with E-state index in [4.69, 9.17) is 0 Å². The Hall–Kier alpha value is -1.39. The van der Waals surface area contributed by atoms with E-state index in [9.17, 15) is 4.79 Å². The van der Waals surface area contributed by atoms with Crippen molar-refractivity contribution >= 4 is 24.4 Å². The summed E-state index contributed by atoms with van der Waals surface area (Å²) in [6.07, 6.45) is 2.65. The standard InChI is InChI=1S/C11H10N2O.ClH.H2O/c14-9-5-11-12-10-4-2-1-3-8(10)6-13(11)7-9;;/h1-4,6,11H,5,7H2;1H;1H2. The number of halogens is 1. The van der Waals surface area contributed by atoms with Crippen LogP contribution in [0.3, 0.4) is 0 Å². The smallest absolute Gasteiger partial charge is 0.156 e. The first-order chi connectivity index (χ1) is 6.83. The molecule has 86 valence electrons. The van der Waals surface area contributed by atoms with Crippen LogP contribution >= 0.6 is 12.4 Å². The highest BCUT2D eigenvalue weighted by atomic mass is 35.5. The minimum absolute atomic E-state index is 0. The van der Waals surface area contributed by atoms with Crippen molar-refractivity contribution in [3.63, 3.8) is 0 Å². The van der Waals surface area contributed by atoms with Crippen molar-refractivity contribution in [1.29, 1.82) is 0 Å². The van der Waals surface area contributed by atoms with Gasteiger partial charge in [-0.3, -0.25) is 9.79 Å². The molecule has 0 aliphatic carbocycles. The van der Waals surface area contributed by atoms with Gasteiger partial charge in [0.25, 0.3) is 0 Å². The lowest BCUT2D eigenvalue weighted by atomic mass is 10.2. The molecule has 4 nitrogen and oxygen atoms in total. The number of ketones is 1. The van der Waals surface area contributed by atoms with Gasteiger partial charge in [0, 0.05) is 17.8 Å². The van der Waals surface area contributed by atoms with Crippen LogP contribution in [-0.2, 0) is 4.79 Å². The fourth-order valence-corrected chi connectivity index (χ4v) is 2.00. The summed E-state index contributed by atoms with van der Waals surface area (Å²) < 4.78 is 0. The first-order valence-corrected chi connectivity index (χ1v) is 4.75. The first kappa shape index (κ1) is 12.7. The quantitative estimate of drug-likeness (QED) is 0.599. The molecule has 2 aliphatic heterocycles. The Morgan fingerprint density at radius 1 is 1.31 bits per heavy atom. The Kier molecular flexibility index (Phi) is 3.67. The van der Waals surface area contributed by atoms with Gasteiger partial charge in [-0.25, -0.2) is 0 Å². The van der Waals surface area contributed by atoms with Crippen molar-refractivity contribution in [3.05, 3.63) is 34.8 Å². The van der Waals surface area contributed by atoms with Crippen molar-refractivity contribution in [1.82, 2.24) is 4.90 Å². The molecule has 1 aromatic rings.